The fourth-order valence-electron chi connectivity index (χ4n) is 3.78. The summed E-state index contributed by atoms with van der Waals surface area (Å²) >= 11 is 0. The number of aromatic nitrogens is 2. The number of hydrogen-bond donors (Lipinski definition) is 2. The van der Waals surface area contributed by atoms with Crippen LogP contribution in [0, 0.1) is 6.92 Å². The second-order valence-corrected chi connectivity index (χ2v) is 9.28. The van der Waals surface area contributed by atoms with Crippen LogP contribution in [0.5, 0.6) is 0 Å². The average molecular weight is 426 g/mol. The van der Waals surface area contributed by atoms with E-state index in [1.54, 1.807) is 12.1 Å². The van der Waals surface area contributed by atoms with Crippen LogP contribution in [0.3, 0.4) is 0 Å². The maximum absolute atomic E-state index is 12.8. The average Bonchev–Trinajstić information content (AvgIpc) is 2.76. The normalized spacial score (nSPS) is 14.8. The van der Waals surface area contributed by atoms with Crippen LogP contribution < -0.4 is 14.9 Å². The molecule has 158 valence electrons. The van der Waals surface area contributed by atoms with Crippen LogP contribution in [-0.4, -0.2) is 44.6 Å². The molecular weight excluding hydrogens is 398 g/mol. The molecule has 30 heavy (non-hydrogen) atoms. The molecule has 0 aliphatic carbocycles. The van der Waals surface area contributed by atoms with Crippen molar-refractivity contribution in [2.75, 3.05) is 36.4 Å². The van der Waals surface area contributed by atoms with Crippen molar-refractivity contribution in [2.45, 2.75) is 31.1 Å². The molecule has 0 saturated carbocycles. The molecule has 1 aromatic heterocycles. The first kappa shape index (κ1) is 20.6. The molecule has 0 amide bonds. The van der Waals surface area contributed by atoms with Gasteiger partial charge in [-0.05, 0) is 37.6 Å². The minimum absolute atomic E-state index is 0.238. The summed E-state index contributed by atoms with van der Waals surface area (Å²) in [5.41, 5.74) is 0.893. The van der Waals surface area contributed by atoms with Crippen molar-refractivity contribution in [2.24, 2.45) is 0 Å². The number of fused-ring (bicyclic) bond motifs is 1. The third-order valence-electron chi connectivity index (χ3n) is 5.26. The molecular formula is C22H27N5O2S. The van der Waals surface area contributed by atoms with Gasteiger partial charge < -0.3 is 10.2 Å². The van der Waals surface area contributed by atoms with E-state index in [2.05, 4.69) is 24.9 Å². The fourth-order valence-corrected chi connectivity index (χ4v) is 5.04. The van der Waals surface area contributed by atoms with Gasteiger partial charge in [-0.3, -0.25) is 0 Å². The molecule has 1 aliphatic rings. The van der Waals surface area contributed by atoms with Gasteiger partial charge in [0.25, 0.3) is 0 Å². The Bertz CT molecular complexity index is 1120. The third kappa shape index (κ3) is 4.71. The van der Waals surface area contributed by atoms with E-state index in [4.69, 9.17) is 0 Å². The van der Waals surface area contributed by atoms with Gasteiger partial charge in [0.05, 0.1) is 4.90 Å². The smallest absolute Gasteiger partial charge is 0.241 e. The Labute approximate surface area is 177 Å². The van der Waals surface area contributed by atoms with Crippen molar-refractivity contribution in [1.29, 1.82) is 0 Å². The summed E-state index contributed by atoms with van der Waals surface area (Å²) in [6.45, 7) is 4.61. The minimum atomic E-state index is -3.61. The highest BCUT2D eigenvalue weighted by Gasteiger charge is 2.17. The van der Waals surface area contributed by atoms with Crippen LogP contribution in [-0.2, 0) is 10.0 Å². The number of hydrogen-bond acceptors (Lipinski definition) is 6. The predicted molar refractivity (Wildman–Crippen MR) is 120 cm³/mol. The Balaban J connectivity index is 1.39. The van der Waals surface area contributed by atoms with Gasteiger partial charge in [0.15, 0.2) is 0 Å². The molecule has 0 radical (unpaired) electrons. The summed E-state index contributed by atoms with van der Waals surface area (Å²) in [4.78, 5) is 11.6. The summed E-state index contributed by atoms with van der Waals surface area (Å²) in [5, 5.41) is 4.77. The van der Waals surface area contributed by atoms with Crippen molar-refractivity contribution in [3.8, 4) is 0 Å². The Kier molecular flexibility index (Phi) is 6.15. The zero-order chi connectivity index (χ0) is 21.0. The first-order valence-electron chi connectivity index (χ1n) is 10.3. The summed E-state index contributed by atoms with van der Waals surface area (Å²) in [6.07, 6.45) is 3.63. The van der Waals surface area contributed by atoms with Crippen molar-refractivity contribution >= 4 is 32.6 Å². The molecule has 0 atom stereocenters. The number of benzene rings is 2. The highest BCUT2D eigenvalue weighted by molar-refractivity contribution is 7.89. The molecule has 2 N–H and O–H groups in total. The third-order valence-corrected chi connectivity index (χ3v) is 6.78. The fraction of sp³-hybridized carbons (Fsp3) is 0.364. The molecule has 0 spiro atoms. The Morgan fingerprint density at radius 3 is 2.57 bits per heavy atom. The maximum Gasteiger partial charge on any atom is 0.241 e. The number of nitrogens with one attached hydrogen (secondary N) is 2. The number of rotatable bonds is 7. The first-order valence-corrected chi connectivity index (χ1v) is 11.8. The van der Waals surface area contributed by atoms with E-state index in [9.17, 15) is 8.42 Å². The van der Waals surface area contributed by atoms with Crippen LogP contribution in [0.15, 0.2) is 53.4 Å². The lowest BCUT2D eigenvalue weighted by Gasteiger charge is -2.28. The Morgan fingerprint density at radius 2 is 1.73 bits per heavy atom. The van der Waals surface area contributed by atoms with E-state index in [0.29, 0.717) is 22.8 Å². The van der Waals surface area contributed by atoms with E-state index in [-0.39, 0.29) is 6.54 Å². The number of sulfonamides is 1. The Hall–Kier alpha value is -2.71. The van der Waals surface area contributed by atoms with Crippen LogP contribution in [0.1, 0.15) is 25.0 Å². The molecule has 1 fully saturated rings. The monoisotopic (exact) mass is 425 g/mol. The number of anilines is 2. The molecule has 7 nitrogen and oxygen atoms in total. The summed E-state index contributed by atoms with van der Waals surface area (Å²) in [6, 6.07) is 14.8. The van der Waals surface area contributed by atoms with Gasteiger partial charge in [0, 0.05) is 43.3 Å². The highest BCUT2D eigenvalue weighted by Crippen LogP contribution is 2.22. The molecule has 0 bridgehead atoms. The van der Waals surface area contributed by atoms with Gasteiger partial charge in [0.1, 0.15) is 5.82 Å². The quantitative estimate of drug-likeness (QED) is 0.565. The van der Waals surface area contributed by atoms with E-state index < -0.39 is 10.0 Å². The minimum Gasteiger partial charge on any atom is -0.356 e. The molecule has 4 rings (SSSR count). The van der Waals surface area contributed by atoms with Crippen molar-refractivity contribution in [1.82, 2.24) is 14.7 Å². The zero-order valence-corrected chi connectivity index (χ0v) is 18.0. The van der Waals surface area contributed by atoms with E-state index >= 15 is 0 Å². The number of piperidine rings is 1. The lowest BCUT2D eigenvalue weighted by Crippen LogP contribution is -2.31. The van der Waals surface area contributed by atoms with Crippen molar-refractivity contribution in [3.63, 3.8) is 0 Å². The molecule has 2 aromatic carbocycles. The summed E-state index contributed by atoms with van der Waals surface area (Å²) in [5.74, 6) is 1.46. The maximum atomic E-state index is 12.8. The molecule has 1 saturated heterocycles. The van der Waals surface area contributed by atoms with Gasteiger partial charge in [-0.2, -0.15) is 4.98 Å². The van der Waals surface area contributed by atoms with Crippen molar-refractivity contribution in [3.05, 3.63) is 54.2 Å². The second-order valence-electron chi connectivity index (χ2n) is 7.54. The molecule has 8 heteroatoms. The van der Waals surface area contributed by atoms with E-state index in [1.807, 2.05) is 43.3 Å². The van der Waals surface area contributed by atoms with Gasteiger partial charge in [-0.25, -0.2) is 18.1 Å². The van der Waals surface area contributed by atoms with Crippen LogP contribution in [0.25, 0.3) is 10.8 Å². The number of nitrogens with zero attached hydrogens (tertiary/aromatic N) is 3. The van der Waals surface area contributed by atoms with Crippen LogP contribution in [0.2, 0.25) is 0 Å². The lowest BCUT2D eigenvalue weighted by molar-refractivity contribution is 0.573. The topological polar surface area (TPSA) is 87.2 Å². The largest absolute Gasteiger partial charge is 0.356 e. The van der Waals surface area contributed by atoms with E-state index in [1.165, 1.54) is 19.3 Å². The molecule has 3 aromatic rings. The van der Waals surface area contributed by atoms with Gasteiger partial charge in [-0.1, -0.05) is 36.4 Å². The predicted octanol–water partition coefficient (Wildman–Crippen LogP) is 3.32. The highest BCUT2D eigenvalue weighted by atomic mass is 32.2. The SMILES string of the molecule is Cc1cc(N2CCCCC2)nc(NCCNS(=O)(=O)c2cccc3ccccc23)n1. The van der Waals surface area contributed by atoms with Crippen LogP contribution >= 0.6 is 0 Å². The van der Waals surface area contributed by atoms with Crippen LogP contribution in [0.4, 0.5) is 11.8 Å². The first-order chi connectivity index (χ1) is 14.5. The Morgan fingerprint density at radius 1 is 0.967 bits per heavy atom. The molecule has 2 heterocycles. The van der Waals surface area contributed by atoms with Gasteiger partial charge in [0.2, 0.25) is 16.0 Å². The molecule has 0 unspecified atom stereocenters. The second kappa shape index (κ2) is 8.97. The molecule has 1 aliphatic heterocycles. The lowest BCUT2D eigenvalue weighted by atomic mass is 10.1. The number of aryl methyl sites for hydroxylation is 1. The van der Waals surface area contributed by atoms with E-state index in [0.717, 1.165) is 30.0 Å². The zero-order valence-electron chi connectivity index (χ0n) is 17.1. The summed E-state index contributed by atoms with van der Waals surface area (Å²) in [7, 11) is -3.61. The summed E-state index contributed by atoms with van der Waals surface area (Å²) < 4.78 is 28.3. The standard InChI is InChI=1S/C22H27N5O2S/c1-17-16-21(27-14-5-2-6-15-27)26-22(25-17)23-12-13-24-30(28,29)20-11-7-9-18-8-3-4-10-19(18)20/h3-4,7-11,16,24H,2,5-6,12-15H2,1H3,(H,23,25,26). The van der Waals surface area contributed by atoms with Crippen molar-refractivity contribution < 1.29 is 8.42 Å². The van der Waals surface area contributed by atoms with Gasteiger partial charge >= 0.3 is 0 Å². The van der Waals surface area contributed by atoms with Gasteiger partial charge in [-0.15, -0.1) is 0 Å².